The van der Waals surface area contributed by atoms with Gasteiger partial charge in [-0.1, -0.05) is 0 Å². The Morgan fingerprint density at radius 1 is 0.952 bits per heavy atom. The van der Waals surface area contributed by atoms with Crippen LogP contribution < -0.4 is 4.74 Å². The number of hydrogen-bond acceptors (Lipinski definition) is 14. The highest BCUT2D eigenvalue weighted by molar-refractivity contribution is 5.69. The van der Waals surface area contributed by atoms with Crippen molar-refractivity contribution in [2.24, 2.45) is 0 Å². The molecule has 15 nitrogen and oxygen atoms in total. The van der Waals surface area contributed by atoms with Crippen LogP contribution in [0.1, 0.15) is 5.56 Å². The molecule has 2 saturated heterocycles. The molecule has 10 N–H and O–H groups in total. The van der Waals surface area contributed by atoms with Gasteiger partial charge in [-0.2, -0.15) is 0 Å². The predicted molar refractivity (Wildman–Crippen MR) is 139 cm³/mol. The molecular weight excluding hydrogens is 564 g/mol. The van der Waals surface area contributed by atoms with Gasteiger partial charge in [0.05, 0.1) is 37.5 Å². The molecule has 3 heterocycles. The summed E-state index contributed by atoms with van der Waals surface area (Å²) >= 11 is 0. The Balaban J connectivity index is 1.54. The Morgan fingerprint density at radius 3 is 2.43 bits per heavy atom. The molecule has 4 aliphatic rings. The monoisotopic (exact) mass is 597 g/mol. The van der Waals surface area contributed by atoms with Crippen LogP contribution in [0.2, 0.25) is 0 Å². The number of phenolic OH excluding ortho intramolecular Hbond substituents is 1. The van der Waals surface area contributed by atoms with Crippen molar-refractivity contribution in [3.05, 3.63) is 64.8 Å². The number of rotatable bonds is 7. The average molecular weight is 598 g/mol. The lowest BCUT2D eigenvalue weighted by molar-refractivity contribution is -0.351. The van der Waals surface area contributed by atoms with Crippen molar-refractivity contribution in [2.45, 2.75) is 61.4 Å². The molecule has 0 radical (unpaired) electrons. The molecule has 0 amide bonds. The summed E-state index contributed by atoms with van der Waals surface area (Å²) in [5.41, 5.74) is 0.598. The van der Waals surface area contributed by atoms with Gasteiger partial charge in [-0.25, -0.2) is 0 Å². The summed E-state index contributed by atoms with van der Waals surface area (Å²) in [6.45, 7) is -1.13. The van der Waals surface area contributed by atoms with Crippen LogP contribution in [0.3, 0.4) is 0 Å². The number of aliphatic hydroxyl groups excluding tert-OH is 8. The lowest BCUT2D eigenvalue weighted by Gasteiger charge is -2.44. The van der Waals surface area contributed by atoms with Crippen LogP contribution in [0, 0.1) is 0 Å². The van der Waals surface area contributed by atoms with Crippen LogP contribution in [0.15, 0.2) is 59.3 Å². The first-order chi connectivity index (χ1) is 20.0. The zero-order chi connectivity index (χ0) is 30.3. The first-order valence-electron chi connectivity index (χ1n) is 13.0. The fraction of sp³-hybridized carbons (Fsp3) is 0.481. The van der Waals surface area contributed by atoms with Crippen molar-refractivity contribution < 1.29 is 74.4 Å². The molecular formula is C27H33O15+. The normalized spacial score (nSPS) is 36.7. The molecule has 0 saturated carbocycles. The maximum absolute atomic E-state index is 10.9. The second kappa shape index (κ2) is 12.1. The van der Waals surface area contributed by atoms with Gasteiger partial charge < -0.3 is 74.4 Å². The van der Waals surface area contributed by atoms with E-state index in [1.165, 1.54) is 37.5 Å². The van der Waals surface area contributed by atoms with E-state index in [4.69, 9.17) is 23.7 Å². The van der Waals surface area contributed by atoms with Crippen LogP contribution in [0.5, 0.6) is 11.5 Å². The Kier molecular flexibility index (Phi) is 8.66. The van der Waals surface area contributed by atoms with Gasteiger partial charge in [-0.3, -0.25) is 0 Å². The van der Waals surface area contributed by atoms with E-state index in [2.05, 4.69) is 4.74 Å². The second-order valence-electron chi connectivity index (χ2n) is 10.1. The summed E-state index contributed by atoms with van der Waals surface area (Å²) < 4.78 is 32.7. The third-order valence-electron chi connectivity index (χ3n) is 7.28. The molecule has 0 bridgehead atoms. The van der Waals surface area contributed by atoms with E-state index in [0.29, 0.717) is 5.56 Å². The fourth-order valence-corrected chi connectivity index (χ4v) is 4.96. The lowest BCUT2D eigenvalue weighted by atomic mass is 9.96. The number of methoxy groups -OCH3 is 1. The van der Waals surface area contributed by atoms with Gasteiger partial charge in [0.15, 0.2) is 23.9 Å². The van der Waals surface area contributed by atoms with Gasteiger partial charge in [0, 0.05) is 18.2 Å². The highest BCUT2D eigenvalue weighted by atomic mass is 16.8. The predicted octanol–water partition coefficient (Wildman–Crippen LogP) is -1.92. The van der Waals surface area contributed by atoms with Gasteiger partial charge >= 0.3 is 5.76 Å². The highest BCUT2D eigenvalue weighted by Crippen LogP contribution is 2.39. The largest absolute Gasteiger partial charge is 0.571 e. The van der Waals surface area contributed by atoms with E-state index in [-0.39, 0.29) is 40.1 Å². The standard InChI is InChI=1S/C27H32O15/c1-37-17-4-10(2-3-13(17)30)24-18(7-12-14(31)5-11(29)6-16(12)39-24)40-27-25(22(35)21(34)19(8-28)41-27)42-26-23(36)20(33)15(32)9-38-26/h2-7,15-16,19-23,25-36H,8-9H2,1H3/p+1. The third-order valence-corrected chi connectivity index (χ3v) is 7.28. The van der Waals surface area contributed by atoms with Gasteiger partial charge in [0.2, 0.25) is 18.2 Å². The van der Waals surface area contributed by atoms with Gasteiger partial charge in [0.1, 0.15) is 48.1 Å². The molecule has 230 valence electrons. The first kappa shape index (κ1) is 30.1. The summed E-state index contributed by atoms with van der Waals surface area (Å²) in [5, 5.41) is 92.1. The van der Waals surface area contributed by atoms with E-state index in [1.807, 2.05) is 0 Å². The Labute approximate surface area is 238 Å². The molecule has 42 heavy (non-hydrogen) atoms. The number of phenols is 1. The van der Waals surface area contributed by atoms with Crippen molar-refractivity contribution in [2.75, 3.05) is 20.3 Å². The maximum Gasteiger partial charge on any atom is 0.305 e. The average Bonchev–Trinajstić information content (AvgIpc) is 2.97. The number of aromatic hydroxyl groups is 1. The fourth-order valence-electron chi connectivity index (χ4n) is 4.96. The zero-order valence-corrected chi connectivity index (χ0v) is 22.2. The minimum Gasteiger partial charge on any atom is -0.571 e. The van der Waals surface area contributed by atoms with E-state index >= 15 is 0 Å². The maximum atomic E-state index is 10.9. The number of benzene rings is 1. The van der Waals surface area contributed by atoms with E-state index < -0.39 is 74.6 Å². The summed E-state index contributed by atoms with van der Waals surface area (Å²) in [4.78, 5) is 0. The van der Waals surface area contributed by atoms with E-state index in [1.54, 1.807) is 0 Å². The molecule has 15 heteroatoms. The zero-order valence-electron chi connectivity index (χ0n) is 22.2. The van der Waals surface area contributed by atoms with Crippen molar-refractivity contribution in [3.63, 3.8) is 0 Å². The molecule has 1 aromatic carbocycles. The SMILES string of the molecule is COc1cc(C2=C(OC3OC(CO)C(O)C(O)C3OC3OCC(O)C(O)C3O)C=C3C(O)=CC(O)=CC3[OH+]2)ccc1O. The van der Waals surface area contributed by atoms with Crippen LogP contribution in [0.4, 0.5) is 0 Å². The second-order valence-corrected chi connectivity index (χ2v) is 10.1. The Bertz CT molecular complexity index is 1290. The van der Waals surface area contributed by atoms with Crippen molar-refractivity contribution in [3.8, 4) is 11.5 Å². The molecule has 0 aromatic heterocycles. The smallest absolute Gasteiger partial charge is 0.305 e. The van der Waals surface area contributed by atoms with Crippen LogP contribution >= 0.6 is 0 Å². The molecule has 10 unspecified atom stereocenters. The number of ether oxygens (including phenoxy) is 6. The van der Waals surface area contributed by atoms with Gasteiger partial charge in [-0.15, -0.1) is 0 Å². The summed E-state index contributed by atoms with van der Waals surface area (Å²) in [7, 11) is 1.35. The first-order valence-corrected chi connectivity index (χ1v) is 13.0. The highest BCUT2D eigenvalue weighted by Gasteiger charge is 2.50. The van der Waals surface area contributed by atoms with Crippen molar-refractivity contribution >= 4 is 5.76 Å². The molecule has 1 aliphatic carbocycles. The molecule has 5 rings (SSSR count). The molecule has 10 atom stereocenters. The number of fused-ring (bicyclic) bond motifs is 1. The quantitative estimate of drug-likeness (QED) is 0.156. The summed E-state index contributed by atoms with van der Waals surface area (Å²) in [6, 6.07) is 4.32. The number of allylic oxidation sites excluding steroid dienone is 2. The van der Waals surface area contributed by atoms with Gasteiger partial charge in [-0.05, 0) is 12.1 Å². The van der Waals surface area contributed by atoms with Crippen LogP contribution in [-0.4, -0.2) is 132 Å². The lowest BCUT2D eigenvalue weighted by Crippen LogP contribution is -2.63. The van der Waals surface area contributed by atoms with Crippen molar-refractivity contribution in [1.82, 2.24) is 0 Å². The molecule has 3 aliphatic heterocycles. The van der Waals surface area contributed by atoms with Gasteiger partial charge in [0.25, 0.3) is 0 Å². The molecule has 1 aromatic rings. The summed E-state index contributed by atoms with van der Waals surface area (Å²) in [6.07, 6.45) is -11.3. The Hall–Kier alpha value is -3.38. The minimum absolute atomic E-state index is 0.0526. The summed E-state index contributed by atoms with van der Waals surface area (Å²) in [5.74, 6) is -0.500. The molecule has 2 fully saturated rings. The van der Waals surface area contributed by atoms with Crippen LogP contribution in [-0.2, 0) is 18.9 Å². The van der Waals surface area contributed by atoms with E-state index in [0.717, 1.165) is 6.08 Å². The Morgan fingerprint density at radius 2 is 1.71 bits per heavy atom. The topological polar surface area (TPSA) is 241 Å². The number of hydrogen-bond donors (Lipinski definition) is 9. The molecule has 0 spiro atoms. The minimum atomic E-state index is -1.76. The third kappa shape index (κ3) is 5.66. The van der Waals surface area contributed by atoms with Crippen molar-refractivity contribution in [1.29, 1.82) is 0 Å². The van der Waals surface area contributed by atoms with Crippen LogP contribution in [0.25, 0.3) is 5.76 Å². The number of aliphatic hydroxyl groups is 10. The van der Waals surface area contributed by atoms with E-state index in [9.17, 15) is 46.0 Å².